The number of carbonyl (C=O) groups excluding carboxylic acids is 1. The summed E-state index contributed by atoms with van der Waals surface area (Å²) in [5, 5.41) is 2.92. The van der Waals surface area contributed by atoms with Crippen LogP contribution < -0.4 is 10.1 Å². The lowest BCUT2D eigenvalue weighted by atomic mass is 10.2. The Labute approximate surface area is 143 Å². The lowest BCUT2D eigenvalue weighted by Crippen LogP contribution is -2.15. The van der Waals surface area contributed by atoms with Crippen LogP contribution in [0.1, 0.15) is 5.56 Å². The molecule has 0 fully saturated rings. The minimum atomic E-state index is 0.0166. The summed E-state index contributed by atoms with van der Waals surface area (Å²) in [6.07, 6.45) is 0. The molecule has 5 heteroatoms. The lowest BCUT2D eigenvalue weighted by Gasteiger charge is -2.08. The van der Waals surface area contributed by atoms with Gasteiger partial charge in [0.2, 0.25) is 5.91 Å². The number of anilines is 1. The largest absolute Gasteiger partial charge is 0.493 e. The van der Waals surface area contributed by atoms with Gasteiger partial charge in [0.05, 0.1) is 12.4 Å². The Balaban J connectivity index is 1.63. The van der Waals surface area contributed by atoms with E-state index in [9.17, 15) is 4.79 Å². The summed E-state index contributed by atoms with van der Waals surface area (Å²) in [4.78, 5) is 11.9. The molecule has 2 aromatic carbocycles. The van der Waals surface area contributed by atoms with Crippen molar-refractivity contribution >= 4 is 39.3 Å². The normalized spacial score (nSPS) is 10.3. The first kappa shape index (κ1) is 16.9. The molecule has 2 rings (SSSR count). The zero-order valence-corrected chi connectivity index (χ0v) is 14.7. The number of hydrogen-bond acceptors (Lipinski definition) is 3. The highest BCUT2D eigenvalue weighted by atomic mass is 79.9. The average molecular weight is 380 g/mol. The van der Waals surface area contributed by atoms with Gasteiger partial charge >= 0.3 is 0 Å². The second kappa shape index (κ2) is 8.86. The van der Waals surface area contributed by atoms with Crippen LogP contribution in [0.15, 0.2) is 53.0 Å². The Morgan fingerprint density at radius 1 is 1.18 bits per heavy atom. The Hall–Kier alpha value is -1.46. The van der Waals surface area contributed by atoms with Crippen molar-refractivity contribution in [3.63, 3.8) is 0 Å². The van der Waals surface area contributed by atoms with Gasteiger partial charge in [0.25, 0.3) is 0 Å². The lowest BCUT2D eigenvalue weighted by molar-refractivity contribution is -0.113. The first-order valence-corrected chi connectivity index (χ1v) is 8.91. The van der Waals surface area contributed by atoms with E-state index >= 15 is 0 Å². The number of hydrogen-bond donors (Lipinski definition) is 1. The third-order valence-corrected chi connectivity index (χ3v) is 4.41. The van der Waals surface area contributed by atoms with Gasteiger partial charge in [0, 0.05) is 15.9 Å². The summed E-state index contributed by atoms with van der Waals surface area (Å²) in [7, 11) is 0. The SMILES string of the molecule is Cc1ccccc1NC(=O)CSCCOc1ccc(Br)cc1. The summed E-state index contributed by atoms with van der Waals surface area (Å²) < 4.78 is 6.64. The number of amides is 1. The molecule has 0 radical (unpaired) electrons. The van der Waals surface area contributed by atoms with Crippen molar-refractivity contribution in [1.29, 1.82) is 0 Å². The van der Waals surface area contributed by atoms with E-state index in [4.69, 9.17) is 4.74 Å². The van der Waals surface area contributed by atoms with Crippen LogP contribution >= 0.6 is 27.7 Å². The molecule has 0 atom stereocenters. The summed E-state index contributed by atoms with van der Waals surface area (Å²) in [6.45, 7) is 2.57. The molecular formula is C17H18BrNO2S. The van der Waals surface area contributed by atoms with Gasteiger partial charge in [0.15, 0.2) is 0 Å². The molecule has 0 unspecified atom stereocenters. The first-order chi connectivity index (χ1) is 10.6. The van der Waals surface area contributed by atoms with Crippen LogP contribution in [0.2, 0.25) is 0 Å². The third kappa shape index (κ3) is 5.73. The molecule has 0 aliphatic heterocycles. The van der Waals surface area contributed by atoms with E-state index in [1.807, 2.05) is 55.5 Å². The summed E-state index contributed by atoms with van der Waals surface area (Å²) >= 11 is 4.95. The molecule has 2 aromatic rings. The molecule has 0 aliphatic rings. The number of carbonyl (C=O) groups is 1. The van der Waals surface area contributed by atoms with Crippen LogP contribution in [0.3, 0.4) is 0 Å². The molecule has 22 heavy (non-hydrogen) atoms. The fourth-order valence-electron chi connectivity index (χ4n) is 1.81. The van der Waals surface area contributed by atoms with Gasteiger partial charge < -0.3 is 10.1 Å². The molecule has 3 nitrogen and oxygen atoms in total. The first-order valence-electron chi connectivity index (χ1n) is 6.97. The highest BCUT2D eigenvalue weighted by Crippen LogP contribution is 2.17. The Morgan fingerprint density at radius 2 is 1.91 bits per heavy atom. The van der Waals surface area contributed by atoms with Crippen molar-refractivity contribution in [3.8, 4) is 5.75 Å². The van der Waals surface area contributed by atoms with E-state index < -0.39 is 0 Å². The molecule has 0 aliphatic carbocycles. The number of nitrogens with one attached hydrogen (secondary N) is 1. The van der Waals surface area contributed by atoms with E-state index in [0.717, 1.165) is 27.2 Å². The minimum absolute atomic E-state index is 0.0166. The fraction of sp³-hybridized carbons (Fsp3) is 0.235. The number of ether oxygens (including phenoxy) is 1. The zero-order valence-electron chi connectivity index (χ0n) is 12.3. The molecule has 116 valence electrons. The molecular weight excluding hydrogens is 362 g/mol. The van der Waals surface area contributed by atoms with Crippen molar-refractivity contribution in [2.75, 3.05) is 23.4 Å². The monoisotopic (exact) mass is 379 g/mol. The number of para-hydroxylation sites is 1. The molecule has 0 saturated heterocycles. The van der Waals surface area contributed by atoms with E-state index in [1.165, 1.54) is 0 Å². The highest BCUT2D eigenvalue weighted by molar-refractivity contribution is 9.10. The second-order valence-corrected chi connectivity index (χ2v) is 6.74. The molecule has 0 aromatic heterocycles. The zero-order chi connectivity index (χ0) is 15.8. The van der Waals surface area contributed by atoms with Crippen LogP contribution in [-0.2, 0) is 4.79 Å². The van der Waals surface area contributed by atoms with Crippen LogP contribution in [0.5, 0.6) is 5.75 Å². The van der Waals surface area contributed by atoms with E-state index in [0.29, 0.717) is 12.4 Å². The Kier molecular flexibility index (Phi) is 6.80. The quantitative estimate of drug-likeness (QED) is 0.719. The maximum Gasteiger partial charge on any atom is 0.234 e. The van der Waals surface area contributed by atoms with Crippen LogP contribution in [0.4, 0.5) is 5.69 Å². The number of rotatable bonds is 7. The maximum absolute atomic E-state index is 11.9. The summed E-state index contributed by atoms with van der Waals surface area (Å²) in [5.74, 6) is 2.06. The fourth-order valence-corrected chi connectivity index (χ4v) is 2.68. The van der Waals surface area contributed by atoms with Crippen molar-refractivity contribution < 1.29 is 9.53 Å². The Morgan fingerprint density at radius 3 is 2.64 bits per heavy atom. The maximum atomic E-state index is 11.9. The Bertz CT molecular complexity index is 616. The third-order valence-electron chi connectivity index (χ3n) is 2.96. The van der Waals surface area contributed by atoms with E-state index in [-0.39, 0.29) is 5.91 Å². The van der Waals surface area contributed by atoms with Crippen molar-refractivity contribution in [2.45, 2.75) is 6.92 Å². The smallest absolute Gasteiger partial charge is 0.234 e. The number of thioether (sulfide) groups is 1. The van der Waals surface area contributed by atoms with E-state index in [1.54, 1.807) is 11.8 Å². The van der Waals surface area contributed by atoms with Gasteiger partial charge in [-0.25, -0.2) is 0 Å². The summed E-state index contributed by atoms with van der Waals surface area (Å²) in [6, 6.07) is 15.5. The van der Waals surface area contributed by atoms with Gasteiger partial charge in [-0.3, -0.25) is 4.79 Å². The predicted molar refractivity (Wildman–Crippen MR) is 96.8 cm³/mol. The van der Waals surface area contributed by atoms with Crippen LogP contribution in [0.25, 0.3) is 0 Å². The van der Waals surface area contributed by atoms with Crippen LogP contribution in [-0.4, -0.2) is 24.0 Å². The molecule has 0 saturated carbocycles. The van der Waals surface area contributed by atoms with Gasteiger partial charge in [-0.1, -0.05) is 34.1 Å². The predicted octanol–water partition coefficient (Wildman–Crippen LogP) is 4.51. The molecule has 0 spiro atoms. The van der Waals surface area contributed by atoms with Gasteiger partial charge in [-0.05, 0) is 42.8 Å². The molecule has 1 N–H and O–H groups in total. The second-order valence-electron chi connectivity index (χ2n) is 4.72. The van der Waals surface area contributed by atoms with Crippen molar-refractivity contribution in [1.82, 2.24) is 0 Å². The van der Waals surface area contributed by atoms with Crippen molar-refractivity contribution in [2.24, 2.45) is 0 Å². The van der Waals surface area contributed by atoms with Crippen molar-refractivity contribution in [3.05, 3.63) is 58.6 Å². The van der Waals surface area contributed by atoms with Gasteiger partial charge in [-0.2, -0.15) is 0 Å². The number of benzene rings is 2. The standard InChI is InChI=1S/C17H18BrNO2S/c1-13-4-2-3-5-16(13)19-17(20)12-22-11-10-21-15-8-6-14(18)7-9-15/h2-9H,10-12H2,1H3,(H,19,20). The van der Waals surface area contributed by atoms with E-state index in [2.05, 4.69) is 21.2 Å². The topological polar surface area (TPSA) is 38.3 Å². The average Bonchev–Trinajstić information content (AvgIpc) is 2.51. The highest BCUT2D eigenvalue weighted by Gasteiger charge is 2.04. The molecule has 0 heterocycles. The molecule has 1 amide bonds. The summed E-state index contributed by atoms with van der Waals surface area (Å²) in [5.41, 5.74) is 1.94. The van der Waals surface area contributed by atoms with Gasteiger partial charge in [-0.15, -0.1) is 11.8 Å². The molecule has 0 bridgehead atoms. The number of halogens is 1. The minimum Gasteiger partial charge on any atom is -0.493 e. The van der Waals surface area contributed by atoms with Gasteiger partial charge in [0.1, 0.15) is 5.75 Å². The number of aryl methyl sites for hydroxylation is 1. The van der Waals surface area contributed by atoms with Crippen LogP contribution in [0, 0.1) is 6.92 Å².